The maximum Gasteiger partial charge on any atom is 0.161 e. The lowest BCUT2D eigenvalue weighted by atomic mass is 10.1. The Morgan fingerprint density at radius 1 is 1.00 bits per heavy atom. The maximum absolute atomic E-state index is 4.72. The lowest BCUT2D eigenvalue weighted by Gasteiger charge is -2.01. The van der Waals surface area contributed by atoms with E-state index >= 15 is 0 Å². The van der Waals surface area contributed by atoms with Gasteiger partial charge in [-0.1, -0.05) is 35.9 Å². The van der Waals surface area contributed by atoms with E-state index in [0.29, 0.717) is 0 Å². The molecule has 0 radical (unpaired) electrons. The number of aromatic nitrogens is 3. The van der Waals surface area contributed by atoms with E-state index in [4.69, 9.17) is 4.98 Å². The SMILES string of the molecule is Cc1ccc(-c2ncc3cc4ccccn4c3n2)cc1. The van der Waals surface area contributed by atoms with Crippen LogP contribution in [0.15, 0.2) is 60.9 Å². The standard InChI is InChI=1S/C17H13N3/c1-12-5-7-13(8-6-12)16-18-11-14-10-15-4-2-3-9-20(15)17(14)19-16/h2-11H,1H3. The van der Waals surface area contributed by atoms with Crippen molar-refractivity contribution in [3.05, 3.63) is 66.5 Å². The van der Waals surface area contributed by atoms with E-state index in [1.54, 1.807) is 0 Å². The quantitative estimate of drug-likeness (QED) is 0.519. The number of benzene rings is 1. The van der Waals surface area contributed by atoms with Gasteiger partial charge in [0.15, 0.2) is 5.82 Å². The summed E-state index contributed by atoms with van der Waals surface area (Å²) >= 11 is 0. The van der Waals surface area contributed by atoms with E-state index in [1.807, 2.05) is 24.5 Å². The molecule has 0 fully saturated rings. The first-order valence-corrected chi connectivity index (χ1v) is 6.61. The summed E-state index contributed by atoms with van der Waals surface area (Å²) in [6, 6.07) is 16.5. The number of nitrogens with zero attached hydrogens (tertiary/aromatic N) is 3. The van der Waals surface area contributed by atoms with Crippen LogP contribution in [0.3, 0.4) is 0 Å². The number of pyridine rings is 1. The fourth-order valence-electron chi connectivity index (χ4n) is 2.44. The van der Waals surface area contributed by atoms with Gasteiger partial charge in [-0.3, -0.25) is 0 Å². The predicted octanol–water partition coefficient (Wildman–Crippen LogP) is 3.86. The minimum absolute atomic E-state index is 0.765. The molecule has 0 saturated heterocycles. The average Bonchev–Trinajstić information content (AvgIpc) is 2.86. The summed E-state index contributed by atoms with van der Waals surface area (Å²) in [5.41, 5.74) is 4.37. The van der Waals surface area contributed by atoms with Crippen molar-refractivity contribution in [1.82, 2.24) is 14.4 Å². The van der Waals surface area contributed by atoms with Crippen LogP contribution in [0.1, 0.15) is 5.56 Å². The molecule has 0 aliphatic carbocycles. The lowest BCUT2D eigenvalue weighted by molar-refractivity contribution is 1.15. The molecule has 0 aliphatic heterocycles. The van der Waals surface area contributed by atoms with Gasteiger partial charge in [-0.05, 0) is 25.1 Å². The zero-order chi connectivity index (χ0) is 13.5. The van der Waals surface area contributed by atoms with Crippen LogP contribution in [-0.4, -0.2) is 14.4 Å². The number of fused-ring (bicyclic) bond motifs is 3. The molecule has 4 rings (SSSR count). The van der Waals surface area contributed by atoms with Gasteiger partial charge in [-0.25, -0.2) is 9.97 Å². The molecule has 0 saturated carbocycles. The maximum atomic E-state index is 4.72. The summed E-state index contributed by atoms with van der Waals surface area (Å²) in [4.78, 5) is 9.19. The Hall–Kier alpha value is -2.68. The van der Waals surface area contributed by atoms with Crippen molar-refractivity contribution in [2.24, 2.45) is 0 Å². The molecule has 0 amide bonds. The van der Waals surface area contributed by atoms with Crippen molar-refractivity contribution in [2.75, 3.05) is 0 Å². The van der Waals surface area contributed by atoms with Gasteiger partial charge in [0.25, 0.3) is 0 Å². The van der Waals surface area contributed by atoms with Crippen molar-refractivity contribution in [2.45, 2.75) is 6.92 Å². The van der Waals surface area contributed by atoms with Crippen molar-refractivity contribution in [3.63, 3.8) is 0 Å². The molecule has 3 heteroatoms. The molecule has 0 bridgehead atoms. The third-order valence-corrected chi connectivity index (χ3v) is 3.53. The largest absolute Gasteiger partial charge is 0.301 e. The van der Waals surface area contributed by atoms with E-state index in [-0.39, 0.29) is 0 Å². The van der Waals surface area contributed by atoms with Gasteiger partial charge in [-0.15, -0.1) is 0 Å². The Labute approximate surface area is 116 Å². The Bertz CT molecular complexity index is 904. The summed E-state index contributed by atoms with van der Waals surface area (Å²) in [5.74, 6) is 0.765. The number of rotatable bonds is 1. The number of hydrogen-bond donors (Lipinski definition) is 0. The van der Waals surface area contributed by atoms with Gasteiger partial charge >= 0.3 is 0 Å². The minimum atomic E-state index is 0.765. The Morgan fingerprint density at radius 2 is 1.85 bits per heavy atom. The summed E-state index contributed by atoms with van der Waals surface area (Å²) in [7, 11) is 0. The van der Waals surface area contributed by atoms with Gasteiger partial charge in [0.1, 0.15) is 5.65 Å². The van der Waals surface area contributed by atoms with Gasteiger partial charge in [-0.2, -0.15) is 0 Å². The molecule has 1 aromatic carbocycles. The molecule has 0 unspecified atom stereocenters. The molecule has 0 N–H and O–H groups in total. The Balaban J connectivity index is 1.97. The van der Waals surface area contributed by atoms with E-state index in [0.717, 1.165) is 27.9 Å². The lowest BCUT2D eigenvalue weighted by Crippen LogP contribution is -1.91. The Kier molecular flexibility index (Phi) is 2.33. The van der Waals surface area contributed by atoms with E-state index in [9.17, 15) is 0 Å². The van der Waals surface area contributed by atoms with Crippen LogP contribution >= 0.6 is 0 Å². The van der Waals surface area contributed by atoms with Gasteiger partial charge in [0.05, 0.1) is 0 Å². The van der Waals surface area contributed by atoms with Gasteiger partial charge < -0.3 is 4.40 Å². The van der Waals surface area contributed by atoms with Gasteiger partial charge in [0, 0.05) is 28.9 Å². The molecule has 0 aliphatic rings. The molecular formula is C17H13N3. The van der Waals surface area contributed by atoms with Crippen LogP contribution < -0.4 is 0 Å². The van der Waals surface area contributed by atoms with Crippen LogP contribution in [-0.2, 0) is 0 Å². The molecule has 3 aromatic heterocycles. The first-order valence-electron chi connectivity index (χ1n) is 6.61. The third kappa shape index (κ3) is 1.67. The van der Waals surface area contributed by atoms with Crippen molar-refractivity contribution >= 4 is 16.6 Å². The fourth-order valence-corrected chi connectivity index (χ4v) is 2.44. The molecule has 4 aromatic rings. The first kappa shape index (κ1) is 11.2. The second-order valence-corrected chi connectivity index (χ2v) is 4.98. The average molecular weight is 259 g/mol. The molecule has 3 nitrogen and oxygen atoms in total. The van der Waals surface area contributed by atoms with E-state index in [2.05, 4.69) is 52.7 Å². The summed E-state index contributed by atoms with van der Waals surface area (Å²) in [6.45, 7) is 2.08. The third-order valence-electron chi connectivity index (χ3n) is 3.53. The second-order valence-electron chi connectivity index (χ2n) is 4.98. The summed E-state index contributed by atoms with van der Waals surface area (Å²) in [5, 5.41) is 1.06. The number of aryl methyl sites for hydroxylation is 1. The molecule has 3 heterocycles. The zero-order valence-corrected chi connectivity index (χ0v) is 11.1. The topological polar surface area (TPSA) is 30.2 Å². The van der Waals surface area contributed by atoms with Crippen molar-refractivity contribution in [3.8, 4) is 11.4 Å². The molecule has 20 heavy (non-hydrogen) atoms. The molecular weight excluding hydrogens is 246 g/mol. The highest BCUT2D eigenvalue weighted by atomic mass is 15.0. The Morgan fingerprint density at radius 3 is 2.70 bits per heavy atom. The molecule has 0 atom stereocenters. The molecule has 96 valence electrons. The van der Waals surface area contributed by atoms with Gasteiger partial charge in [0.2, 0.25) is 0 Å². The highest BCUT2D eigenvalue weighted by Gasteiger charge is 2.07. The van der Waals surface area contributed by atoms with Crippen LogP contribution in [0.2, 0.25) is 0 Å². The zero-order valence-electron chi connectivity index (χ0n) is 11.1. The van der Waals surface area contributed by atoms with Crippen LogP contribution in [0.4, 0.5) is 0 Å². The smallest absolute Gasteiger partial charge is 0.161 e. The van der Waals surface area contributed by atoms with E-state index in [1.165, 1.54) is 5.56 Å². The fraction of sp³-hybridized carbons (Fsp3) is 0.0588. The highest BCUT2D eigenvalue weighted by molar-refractivity contribution is 5.84. The minimum Gasteiger partial charge on any atom is -0.301 e. The van der Waals surface area contributed by atoms with Crippen LogP contribution in [0, 0.1) is 6.92 Å². The van der Waals surface area contributed by atoms with Crippen LogP contribution in [0.25, 0.3) is 27.9 Å². The highest BCUT2D eigenvalue weighted by Crippen LogP contribution is 2.21. The first-order chi connectivity index (χ1) is 9.81. The summed E-state index contributed by atoms with van der Waals surface area (Å²) < 4.78 is 2.09. The van der Waals surface area contributed by atoms with Crippen molar-refractivity contribution in [1.29, 1.82) is 0 Å². The summed E-state index contributed by atoms with van der Waals surface area (Å²) in [6.07, 6.45) is 3.92. The monoisotopic (exact) mass is 259 g/mol. The van der Waals surface area contributed by atoms with Crippen molar-refractivity contribution < 1.29 is 0 Å². The normalized spacial score (nSPS) is 11.2. The van der Waals surface area contributed by atoms with Crippen LogP contribution in [0.5, 0.6) is 0 Å². The number of hydrogen-bond acceptors (Lipinski definition) is 2. The second kappa shape index (κ2) is 4.17. The molecule has 0 spiro atoms. The van der Waals surface area contributed by atoms with E-state index < -0.39 is 0 Å². The predicted molar refractivity (Wildman–Crippen MR) is 80.7 cm³/mol.